The highest BCUT2D eigenvalue weighted by atomic mass is 16.5. The van der Waals surface area contributed by atoms with Gasteiger partial charge in [-0.15, -0.1) is 0 Å². The largest absolute Gasteiger partial charge is 0.507 e. The van der Waals surface area contributed by atoms with E-state index in [-0.39, 0.29) is 17.9 Å². The zero-order chi connectivity index (χ0) is 20.8. The van der Waals surface area contributed by atoms with E-state index in [0.29, 0.717) is 22.8 Å². The second-order valence-corrected chi connectivity index (χ2v) is 6.09. The molecule has 0 saturated heterocycles. The molecule has 0 amide bonds. The molecule has 0 spiro atoms. The van der Waals surface area contributed by atoms with Gasteiger partial charge < -0.3 is 9.84 Å². The number of ether oxygens (including phenoxy) is 1. The lowest BCUT2D eigenvalue weighted by molar-refractivity contribution is 0.104. The topological polar surface area (TPSA) is 105 Å². The summed E-state index contributed by atoms with van der Waals surface area (Å²) in [7, 11) is 0. The summed E-state index contributed by atoms with van der Waals surface area (Å²) >= 11 is 0. The lowest BCUT2D eigenvalue weighted by Gasteiger charge is -2.11. The van der Waals surface area contributed by atoms with E-state index in [1.165, 1.54) is 29.0 Å². The first kappa shape index (κ1) is 19.6. The number of nitriles is 1. The normalized spacial score (nSPS) is 10.6. The highest BCUT2D eigenvalue weighted by molar-refractivity contribution is 6.08. The summed E-state index contributed by atoms with van der Waals surface area (Å²) in [6, 6.07) is 15.1. The van der Waals surface area contributed by atoms with Gasteiger partial charge in [0.2, 0.25) is 0 Å². The molecule has 144 valence electrons. The predicted octanol–water partition coefficient (Wildman–Crippen LogP) is 3.05. The van der Waals surface area contributed by atoms with Gasteiger partial charge in [-0.2, -0.15) is 5.26 Å². The van der Waals surface area contributed by atoms with Crippen molar-refractivity contribution in [1.82, 2.24) is 9.55 Å². The minimum atomic E-state index is -0.651. The standard InChI is InChI=1S/C22H17N3O4/c1-15-13-19(27)21(22(28)25(15)20-7-2-3-11-24-20)18(26)9-8-16-5-4-6-17(14-16)29-12-10-23/h2-9,11,13-14,27H,12H2,1H3/b9-8+. The molecule has 0 aliphatic rings. The van der Waals surface area contributed by atoms with E-state index in [1.807, 2.05) is 6.07 Å². The molecule has 1 N–H and O–H groups in total. The average molecular weight is 387 g/mol. The van der Waals surface area contributed by atoms with Crippen LogP contribution in [0.3, 0.4) is 0 Å². The van der Waals surface area contributed by atoms with Gasteiger partial charge in [0.15, 0.2) is 12.4 Å². The Balaban J connectivity index is 1.95. The van der Waals surface area contributed by atoms with Gasteiger partial charge in [0, 0.05) is 18.0 Å². The first-order valence-electron chi connectivity index (χ1n) is 8.70. The molecule has 0 bridgehead atoms. The summed E-state index contributed by atoms with van der Waals surface area (Å²) in [5.74, 6) is -0.187. The first-order chi connectivity index (χ1) is 14.0. The van der Waals surface area contributed by atoms with Gasteiger partial charge in [-0.1, -0.05) is 24.3 Å². The van der Waals surface area contributed by atoms with Crippen molar-refractivity contribution in [1.29, 1.82) is 5.26 Å². The fourth-order valence-corrected chi connectivity index (χ4v) is 2.80. The highest BCUT2D eigenvalue weighted by Gasteiger charge is 2.19. The quantitative estimate of drug-likeness (QED) is 0.515. The maximum Gasteiger partial charge on any atom is 0.271 e. The van der Waals surface area contributed by atoms with Gasteiger partial charge in [0.1, 0.15) is 28.9 Å². The first-order valence-corrected chi connectivity index (χ1v) is 8.70. The van der Waals surface area contributed by atoms with Crippen LogP contribution in [0.2, 0.25) is 0 Å². The molecule has 3 rings (SSSR count). The van der Waals surface area contributed by atoms with Crippen molar-refractivity contribution >= 4 is 11.9 Å². The van der Waals surface area contributed by atoms with Gasteiger partial charge in [-0.05, 0) is 42.8 Å². The predicted molar refractivity (Wildman–Crippen MR) is 107 cm³/mol. The fraction of sp³-hybridized carbons (Fsp3) is 0.0909. The Hall–Kier alpha value is -4.18. The summed E-state index contributed by atoms with van der Waals surface area (Å²) in [5.41, 5.74) is 0.107. The Labute approximate surface area is 166 Å². The van der Waals surface area contributed by atoms with E-state index in [9.17, 15) is 14.7 Å². The highest BCUT2D eigenvalue weighted by Crippen LogP contribution is 2.19. The molecule has 0 saturated carbocycles. The molecule has 3 aromatic rings. The maximum atomic E-state index is 12.9. The van der Waals surface area contributed by atoms with Crippen LogP contribution in [0.1, 0.15) is 21.6 Å². The minimum Gasteiger partial charge on any atom is -0.507 e. The Bertz CT molecular complexity index is 1170. The third-order valence-electron chi connectivity index (χ3n) is 4.08. The number of aromatic hydroxyl groups is 1. The molecule has 2 heterocycles. The van der Waals surface area contributed by atoms with E-state index in [1.54, 1.807) is 49.4 Å². The number of hydrogen-bond donors (Lipinski definition) is 1. The molecule has 0 fully saturated rings. The number of nitrogens with zero attached hydrogens (tertiary/aromatic N) is 3. The van der Waals surface area contributed by atoms with Gasteiger partial charge in [0.05, 0.1) is 0 Å². The van der Waals surface area contributed by atoms with Crippen LogP contribution in [-0.2, 0) is 0 Å². The van der Waals surface area contributed by atoms with Crippen LogP contribution in [0.4, 0.5) is 0 Å². The van der Waals surface area contributed by atoms with Crippen molar-refractivity contribution in [2.75, 3.05) is 6.61 Å². The molecule has 0 radical (unpaired) electrons. The molecule has 2 aromatic heterocycles. The van der Waals surface area contributed by atoms with Crippen LogP contribution < -0.4 is 10.3 Å². The van der Waals surface area contributed by atoms with Crippen molar-refractivity contribution in [3.05, 3.63) is 88.0 Å². The number of benzene rings is 1. The summed E-state index contributed by atoms with van der Waals surface area (Å²) < 4.78 is 6.50. The van der Waals surface area contributed by atoms with E-state index < -0.39 is 11.3 Å². The van der Waals surface area contributed by atoms with Crippen molar-refractivity contribution in [3.8, 4) is 23.4 Å². The maximum absolute atomic E-state index is 12.9. The number of rotatable bonds is 6. The van der Waals surface area contributed by atoms with E-state index in [0.717, 1.165) is 0 Å². The third-order valence-corrected chi connectivity index (χ3v) is 4.08. The van der Waals surface area contributed by atoms with Crippen molar-refractivity contribution in [3.63, 3.8) is 0 Å². The average Bonchev–Trinajstić information content (AvgIpc) is 2.71. The molecular weight excluding hydrogens is 370 g/mol. The van der Waals surface area contributed by atoms with Crippen molar-refractivity contribution in [2.45, 2.75) is 6.92 Å². The molecule has 7 heteroatoms. The van der Waals surface area contributed by atoms with E-state index >= 15 is 0 Å². The zero-order valence-corrected chi connectivity index (χ0v) is 15.6. The van der Waals surface area contributed by atoms with Crippen molar-refractivity contribution in [2.24, 2.45) is 0 Å². The molecule has 29 heavy (non-hydrogen) atoms. The van der Waals surface area contributed by atoms with Crippen LogP contribution in [-0.4, -0.2) is 27.0 Å². The second-order valence-electron chi connectivity index (χ2n) is 6.09. The minimum absolute atomic E-state index is 0.0869. The smallest absolute Gasteiger partial charge is 0.271 e. The summed E-state index contributed by atoms with van der Waals surface area (Å²) in [6.45, 7) is 1.56. The Kier molecular flexibility index (Phi) is 5.85. The summed E-state index contributed by atoms with van der Waals surface area (Å²) in [6.07, 6.45) is 4.25. The number of aromatic nitrogens is 2. The van der Waals surface area contributed by atoms with Crippen LogP contribution in [0.15, 0.2) is 65.6 Å². The molecule has 0 atom stereocenters. The Morgan fingerprint density at radius 3 is 2.83 bits per heavy atom. The molecule has 0 unspecified atom stereocenters. The zero-order valence-electron chi connectivity index (χ0n) is 15.6. The number of carbonyl (C=O) groups is 1. The Morgan fingerprint density at radius 2 is 2.10 bits per heavy atom. The van der Waals surface area contributed by atoms with Crippen LogP contribution in [0.5, 0.6) is 11.5 Å². The van der Waals surface area contributed by atoms with Crippen molar-refractivity contribution < 1.29 is 14.6 Å². The number of ketones is 1. The molecule has 0 aliphatic carbocycles. The molecule has 0 aliphatic heterocycles. The number of carbonyl (C=O) groups excluding carboxylic acids is 1. The van der Waals surface area contributed by atoms with Crippen LogP contribution >= 0.6 is 0 Å². The van der Waals surface area contributed by atoms with Crippen LogP contribution in [0, 0.1) is 18.3 Å². The number of pyridine rings is 2. The fourth-order valence-electron chi connectivity index (χ4n) is 2.80. The second kappa shape index (κ2) is 8.67. The van der Waals surface area contributed by atoms with E-state index in [4.69, 9.17) is 10.00 Å². The van der Waals surface area contributed by atoms with Crippen LogP contribution in [0.25, 0.3) is 11.9 Å². The molecule has 7 nitrogen and oxygen atoms in total. The SMILES string of the molecule is Cc1cc(O)c(C(=O)/C=C/c2cccc(OCC#N)c2)c(=O)n1-c1ccccn1. The van der Waals surface area contributed by atoms with E-state index in [2.05, 4.69) is 4.98 Å². The van der Waals surface area contributed by atoms with Gasteiger partial charge in [-0.3, -0.25) is 14.2 Å². The van der Waals surface area contributed by atoms with Gasteiger partial charge in [0.25, 0.3) is 5.56 Å². The number of hydrogen-bond acceptors (Lipinski definition) is 6. The van der Waals surface area contributed by atoms with Gasteiger partial charge >= 0.3 is 0 Å². The molecular formula is C22H17N3O4. The molecule has 1 aromatic carbocycles. The third kappa shape index (κ3) is 4.39. The van der Waals surface area contributed by atoms with Gasteiger partial charge in [-0.25, -0.2) is 4.98 Å². The summed E-state index contributed by atoms with van der Waals surface area (Å²) in [4.78, 5) is 29.7. The Morgan fingerprint density at radius 1 is 1.28 bits per heavy atom. The monoisotopic (exact) mass is 387 g/mol. The lowest BCUT2D eigenvalue weighted by atomic mass is 10.1. The number of aryl methyl sites for hydroxylation is 1. The summed E-state index contributed by atoms with van der Waals surface area (Å²) in [5, 5.41) is 18.8. The lowest BCUT2D eigenvalue weighted by Crippen LogP contribution is -2.27. The number of allylic oxidation sites excluding steroid dienone is 1.